The maximum absolute atomic E-state index is 12.8. The minimum absolute atomic E-state index is 0.267. The molecule has 2 atom stereocenters. The number of nitrogens with zero attached hydrogens (tertiary/aromatic N) is 2. The van der Waals surface area contributed by atoms with Gasteiger partial charge in [-0.2, -0.15) is 5.10 Å². The Kier molecular flexibility index (Phi) is 4.71. The van der Waals surface area contributed by atoms with Crippen molar-refractivity contribution in [1.29, 1.82) is 0 Å². The molecule has 0 spiro atoms. The SMILES string of the molecule is COC(=O)C1C(c2ccccc2)=NN(c2ccccc2)C1c1ccccc1. The number of anilines is 1. The average Bonchev–Trinajstić information content (AvgIpc) is 3.16. The quantitative estimate of drug-likeness (QED) is 0.649. The number of benzene rings is 3. The van der Waals surface area contributed by atoms with Crippen LogP contribution in [0.3, 0.4) is 0 Å². The Labute approximate surface area is 158 Å². The topological polar surface area (TPSA) is 41.9 Å². The van der Waals surface area contributed by atoms with Gasteiger partial charge in [-0.1, -0.05) is 78.9 Å². The third kappa shape index (κ3) is 3.22. The van der Waals surface area contributed by atoms with Crippen LogP contribution in [0.5, 0.6) is 0 Å². The molecule has 0 saturated heterocycles. The van der Waals surface area contributed by atoms with Crippen LogP contribution in [0.15, 0.2) is 96.1 Å². The van der Waals surface area contributed by atoms with E-state index in [0.717, 1.165) is 22.5 Å². The molecule has 3 aromatic carbocycles. The summed E-state index contributed by atoms with van der Waals surface area (Å²) in [6.45, 7) is 0. The number of methoxy groups -OCH3 is 1. The van der Waals surface area contributed by atoms with E-state index >= 15 is 0 Å². The van der Waals surface area contributed by atoms with E-state index < -0.39 is 5.92 Å². The van der Waals surface area contributed by atoms with Crippen LogP contribution in [0.2, 0.25) is 0 Å². The van der Waals surface area contributed by atoms with Crippen LogP contribution >= 0.6 is 0 Å². The zero-order chi connectivity index (χ0) is 18.6. The molecule has 0 bridgehead atoms. The normalized spacial score (nSPS) is 18.9. The molecule has 4 nitrogen and oxygen atoms in total. The Hall–Kier alpha value is -3.40. The Balaban J connectivity index is 1.89. The molecule has 1 aliphatic rings. The summed E-state index contributed by atoms with van der Waals surface area (Å²) < 4.78 is 5.18. The van der Waals surface area contributed by atoms with Crippen LogP contribution in [0.4, 0.5) is 5.69 Å². The third-order valence-corrected chi connectivity index (χ3v) is 4.78. The standard InChI is InChI=1S/C23H20N2O2/c1-27-23(26)20-21(17-11-5-2-6-12-17)24-25(19-15-9-4-10-16-19)22(20)18-13-7-3-8-14-18/h2-16,20,22H,1H3. The molecule has 0 fully saturated rings. The lowest BCUT2D eigenvalue weighted by Crippen LogP contribution is -2.32. The van der Waals surface area contributed by atoms with Crippen LogP contribution in [0.1, 0.15) is 17.2 Å². The van der Waals surface area contributed by atoms with Crippen molar-refractivity contribution in [2.45, 2.75) is 6.04 Å². The molecule has 27 heavy (non-hydrogen) atoms. The molecular weight excluding hydrogens is 336 g/mol. The van der Waals surface area contributed by atoms with Gasteiger partial charge in [-0.3, -0.25) is 9.80 Å². The number of rotatable bonds is 4. The van der Waals surface area contributed by atoms with Crippen molar-refractivity contribution in [3.05, 3.63) is 102 Å². The van der Waals surface area contributed by atoms with E-state index in [1.807, 2.05) is 96.0 Å². The first-order chi connectivity index (χ1) is 13.3. The molecule has 0 aromatic heterocycles. The number of hydrogen-bond acceptors (Lipinski definition) is 4. The molecule has 134 valence electrons. The zero-order valence-electron chi connectivity index (χ0n) is 15.0. The number of carbonyl (C=O) groups excluding carboxylic acids is 1. The Morgan fingerprint density at radius 3 is 2.00 bits per heavy atom. The largest absolute Gasteiger partial charge is 0.468 e. The summed E-state index contributed by atoms with van der Waals surface area (Å²) in [5.74, 6) is -0.801. The number of hydrogen-bond donors (Lipinski definition) is 0. The Morgan fingerprint density at radius 1 is 0.852 bits per heavy atom. The maximum atomic E-state index is 12.8. The third-order valence-electron chi connectivity index (χ3n) is 4.78. The smallest absolute Gasteiger partial charge is 0.317 e. The number of hydrazone groups is 1. The fourth-order valence-corrected chi connectivity index (χ4v) is 3.53. The van der Waals surface area contributed by atoms with Gasteiger partial charge in [0.1, 0.15) is 5.92 Å². The van der Waals surface area contributed by atoms with Crippen LogP contribution in [-0.2, 0) is 9.53 Å². The minimum Gasteiger partial charge on any atom is -0.468 e. The van der Waals surface area contributed by atoms with Crippen molar-refractivity contribution < 1.29 is 9.53 Å². The molecule has 1 aliphatic heterocycles. The summed E-state index contributed by atoms with van der Waals surface area (Å²) in [6.07, 6.45) is 0. The van der Waals surface area contributed by atoms with Crippen LogP contribution in [0.25, 0.3) is 0 Å². The first-order valence-electron chi connectivity index (χ1n) is 8.90. The predicted octanol–water partition coefficient (Wildman–Crippen LogP) is 4.44. The molecule has 0 N–H and O–H groups in total. The van der Waals surface area contributed by atoms with E-state index in [9.17, 15) is 4.79 Å². The summed E-state index contributed by atoms with van der Waals surface area (Å²) in [5, 5.41) is 6.82. The van der Waals surface area contributed by atoms with E-state index in [1.165, 1.54) is 7.11 Å². The van der Waals surface area contributed by atoms with Gasteiger partial charge >= 0.3 is 5.97 Å². The van der Waals surface area contributed by atoms with E-state index in [-0.39, 0.29) is 12.0 Å². The summed E-state index contributed by atoms with van der Waals surface area (Å²) in [7, 11) is 1.43. The average molecular weight is 356 g/mol. The summed E-state index contributed by atoms with van der Waals surface area (Å²) in [6, 6.07) is 29.5. The van der Waals surface area contributed by atoms with E-state index in [4.69, 9.17) is 9.84 Å². The molecule has 3 aromatic rings. The summed E-state index contributed by atoms with van der Waals surface area (Å²) >= 11 is 0. The number of carbonyl (C=O) groups is 1. The fraction of sp³-hybridized carbons (Fsp3) is 0.130. The van der Waals surface area contributed by atoms with Crippen LogP contribution < -0.4 is 5.01 Å². The van der Waals surface area contributed by atoms with Gasteiger partial charge < -0.3 is 4.74 Å². The van der Waals surface area contributed by atoms with Crippen molar-refractivity contribution in [2.24, 2.45) is 11.0 Å². The van der Waals surface area contributed by atoms with Gasteiger partial charge in [0.2, 0.25) is 0 Å². The lowest BCUT2D eigenvalue weighted by atomic mass is 9.87. The Bertz CT molecular complexity index is 940. The molecule has 2 unspecified atom stereocenters. The molecule has 1 heterocycles. The van der Waals surface area contributed by atoms with E-state index in [0.29, 0.717) is 0 Å². The second-order valence-corrected chi connectivity index (χ2v) is 6.39. The van der Waals surface area contributed by atoms with Gasteiger partial charge in [0, 0.05) is 0 Å². The van der Waals surface area contributed by atoms with Crippen molar-refractivity contribution in [2.75, 3.05) is 12.1 Å². The molecular formula is C23H20N2O2. The summed E-state index contributed by atoms with van der Waals surface area (Å²) in [5.41, 5.74) is 3.60. The van der Waals surface area contributed by atoms with Gasteiger partial charge in [-0.25, -0.2) is 0 Å². The van der Waals surface area contributed by atoms with Crippen LogP contribution in [0, 0.1) is 5.92 Å². The lowest BCUT2D eigenvalue weighted by molar-refractivity contribution is -0.143. The zero-order valence-corrected chi connectivity index (χ0v) is 15.0. The molecule has 4 heteroatoms. The molecule has 4 rings (SSSR count). The number of esters is 1. The first kappa shape index (κ1) is 17.0. The van der Waals surface area contributed by atoms with Crippen LogP contribution in [-0.4, -0.2) is 18.8 Å². The second kappa shape index (κ2) is 7.46. The Morgan fingerprint density at radius 2 is 1.41 bits per heavy atom. The molecule has 0 radical (unpaired) electrons. The van der Waals surface area contributed by atoms with Gasteiger partial charge in [0.15, 0.2) is 0 Å². The summed E-state index contributed by atoms with van der Waals surface area (Å²) in [4.78, 5) is 12.8. The second-order valence-electron chi connectivity index (χ2n) is 6.39. The van der Waals surface area contributed by atoms with Crippen molar-refractivity contribution in [3.63, 3.8) is 0 Å². The maximum Gasteiger partial charge on any atom is 0.317 e. The highest BCUT2D eigenvalue weighted by Crippen LogP contribution is 2.41. The number of para-hydroxylation sites is 1. The van der Waals surface area contributed by atoms with Gasteiger partial charge in [-0.15, -0.1) is 0 Å². The molecule has 0 aliphatic carbocycles. The highest BCUT2D eigenvalue weighted by atomic mass is 16.5. The highest BCUT2D eigenvalue weighted by Gasteiger charge is 2.44. The van der Waals surface area contributed by atoms with E-state index in [1.54, 1.807) is 0 Å². The predicted molar refractivity (Wildman–Crippen MR) is 107 cm³/mol. The molecule has 0 saturated carbocycles. The number of ether oxygens (including phenoxy) is 1. The van der Waals surface area contributed by atoms with Crippen molar-refractivity contribution >= 4 is 17.4 Å². The van der Waals surface area contributed by atoms with Crippen molar-refractivity contribution in [3.8, 4) is 0 Å². The monoisotopic (exact) mass is 356 g/mol. The highest BCUT2D eigenvalue weighted by molar-refractivity contribution is 6.14. The van der Waals surface area contributed by atoms with E-state index in [2.05, 4.69) is 0 Å². The molecule has 0 amide bonds. The van der Waals surface area contributed by atoms with Gasteiger partial charge in [-0.05, 0) is 23.3 Å². The lowest BCUT2D eigenvalue weighted by Gasteiger charge is -2.27. The van der Waals surface area contributed by atoms with Gasteiger partial charge in [0.05, 0.1) is 24.6 Å². The first-order valence-corrected chi connectivity index (χ1v) is 8.90. The fourth-order valence-electron chi connectivity index (χ4n) is 3.53. The minimum atomic E-state index is -0.514. The van der Waals surface area contributed by atoms with Crippen molar-refractivity contribution in [1.82, 2.24) is 0 Å². The van der Waals surface area contributed by atoms with Gasteiger partial charge in [0.25, 0.3) is 0 Å².